The van der Waals surface area contributed by atoms with Crippen molar-refractivity contribution >= 4 is 0 Å². The first-order valence-corrected chi connectivity index (χ1v) is 13.3. The fourth-order valence-electron chi connectivity index (χ4n) is 6.93. The van der Waals surface area contributed by atoms with Crippen LogP contribution in [0.3, 0.4) is 0 Å². The first-order chi connectivity index (χ1) is 15.7. The molecule has 186 valence electrons. The summed E-state index contributed by atoms with van der Waals surface area (Å²) in [7, 11) is 0. The van der Waals surface area contributed by atoms with E-state index in [1.165, 1.54) is 49.7 Å². The normalized spacial score (nSPS) is 35.6. The largest absolute Gasteiger partial charge is 0.376 e. The number of nitrogens with two attached hydrogens (primary N) is 2. The Labute approximate surface area is 202 Å². The lowest BCUT2D eigenvalue weighted by Crippen LogP contribution is -2.55. The summed E-state index contributed by atoms with van der Waals surface area (Å²) in [6, 6.07) is 0.0282. The summed E-state index contributed by atoms with van der Waals surface area (Å²) in [5.41, 5.74) is 11.1. The van der Waals surface area contributed by atoms with Crippen LogP contribution in [-0.2, 0) is 4.74 Å². The number of rotatable bonds is 9. The van der Waals surface area contributed by atoms with Gasteiger partial charge in [0.25, 0.3) is 0 Å². The predicted molar refractivity (Wildman–Crippen MR) is 138 cm³/mol. The van der Waals surface area contributed by atoms with Crippen LogP contribution in [0.15, 0.2) is 45.8 Å². The van der Waals surface area contributed by atoms with E-state index in [0.717, 1.165) is 50.7 Å². The monoisotopic (exact) mass is 456 g/mol. The van der Waals surface area contributed by atoms with Gasteiger partial charge >= 0.3 is 0 Å². The minimum absolute atomic E-state index is 0.00609. The average Bonchev–Trinajstić information content (AvgIpc) is 3.03. The van der Waals surface area contributed by atoms with Crippen LogP contribution in [0.5, 0.6) is 0 Å². The molecule has 3 saturated carbocycles. The van der Waals surface area contributed by atoms with Crippen LogP contribution in [0.2, 0.25) is 0 Å². The second-order valence-corrected chi connectivity index (χ2v) is 11.5. The third-order valence-corrected chi connectivity index (χ3v) is 9.07. The molecule has 0 aromatic carbocycles. The van der Waals surface area contributed by atoms with Gasteiger partial charge in [-0.05, 0) is 113 Å². The Balaban J connectivity index is 1.67. The molecular formula is C28H48N4O. The van der Waals surface area contributed by atoms with E-state index in [1.807, 2.05) is 0 Å². The van der Waals surface area contributed by atoms with Gasteiger partial charge in [-0.3, -0.25) is 0 Å². The van der Waals surface area contributed by atoms with Crippen molar-refractivity contribution in [2.24, 2.45) is 33.2 Å². The summed E-state index contributed by atoms with van der Waals surface area (Å²) in [5.74, 6) is 6.02. The molecule has 0 heterocycles. The lowest BCUT2D eigenvalue weighted by molar-refractivity contribution is -0.0183. The number of unbranched alkanes of at least 4 members (excludes halogenated alkanes) is 1. The smallest absolute Gasteiger partial charge is 0.0975 e. The van der Waals surface area contributed by atoms with Gasteiger partial charge in [0.15, 0.2) is 0 Å². The van der Waals surface area contributed by atoms with Crippen molar-refractivity contribution in [3.63, 3.8) is 0 Å². The number of hydrogen-bond acceptors (Lipinski definition) is 4. The van der Waals surface area contributed by atoms with Crippen molar-refractivity contribution in [2.45, 2.75) is 122 Å². The van der Waals surface area contributed by atoms with Crippen LogP contribution in [-0.4, -0.2) is 23.8 Å². The van der Waals surface area contributed by atoms with Gasteiger partial charge < -0.3 is 16.3 Å². The number of allylic oxidation sites excluding steroid dienone is 2. The highest BCUT2D eigenvalue weighted by atomic mass is 16.5. The molecular weight excluding hydrogens is 408 g/mol. The summed E-state index contributed by atoms with van der Waals surface area (Å²) in [6.07, 6.45) is 18.6. The highest BCUT2D eigenvalue weighted by Crippen LogP contribution is 2.60. The van der Waals surface area contributed by atoms with Gasteiger partial charge in [-0.2, -0.15) is 5.11 Å². The highest BCUT2D eigenvalue weighted by Gasteiger charge is 2.57. The van der Waals surface area contributed by atoms with E-state index >= 15 is 0 Å². The Morgan fingerprint density at radius 1 is 1.15 bits per heavy atom. The summed E-state index contributed by atoms with van der Waals surface area (Å²) in [5, 5.41) is 7.68. The van der Waals surface area contributed by atoms with Gasteiger partial charge in [-0.1, -0.05) is 43.7 Å². The van der Waals surface area contributed by atoms with Gasteiger partial charge in [0.05, 0.1) is 11.6 Å². The number of hydrogen-bond donors (Lipinski definition) is 2. The van der Waals surface area contributed by atoms with E-state index in [0.29, 0.717) is 5.92 Å². The molecule has 4 N–H and O–H groups in total. The SMILES string of the molecule is C=C1/C(=C\C=C2/CCC[C@]3(C)C(CCCCC(C)(C)OCC)CC[C@@]23N)CCC[C@@H]1N=NN. The number of ether oxygens (including phenoxy) is 1. The van der Waals surface area contributed by atoms with Crippen LogP contribution in [0, 0.1) is 11.3 Å². The third kappa shape index (κ3) is 5.62. The molecule has 33 heavy (non-hydrogen) atoms. The van der Waals surface area contributed by atoms with Gasteiger partial charge in [-0.15, -0.1) is 0 Å². The minimum atomic E-state index is -0.177. The molecule has 0 saturated heterocycles. The predicted octanol–water partition coefficient (Wildman–Crippen LogP) is 6.95. The molecule has 3 aliphatic carbocycles. The number of nitrogens with zero attached hydrogens (tertiary/aromatic N) is 2. The van der Waals surface area contributed by atoms with Crippen LogP contribution in [0.4, 0.5) is 0 Å². The second-order valence-electron chi connectivity index (χ2n) is 11.5. The standard InChI is InChI=1S/C28H48N4O/c1-6-33-26(3,4)18-8-7-12-23-17-20-28(29)24(13-10-19-27(23,28)5)16-15-22-11-9-14-25(21(22)2)31-32-30/h15-16,23,25H,2,6-14,17-20,29H2,1,3-5H3,(H2,30,31)/b22-15-,24-16+/t23?,25-,27+,28+/m0/s1. The van der Waals surface area contributed by atoms with Gasteiger partial charge in [0.1, 0.15) is 0 Å². The molecule has 3 fully saturated rings. The zero-order valence-electron chi connectivity index (χ0n) is 21.7. The van der Waals surface area contributed by atoms with E-state index in [9.17, 15) is 0 Å². The van der Waals surface area contributed by atoms with E-state index in [2.05, 4.69) is 56.8 Å². The van der Waals surface area contributed by atoms with Crippen LogP contribution < -0.4 is 11.6 Å². The fraction of sp³-hybridized carbons (Fsp3) is 0.786. The molecule has 5 heteroatoms. The van der Waals surface area contributed by atoms with Crippen molar-refractivity contribution in [3.05, 3.63) is 35.5 Å². The lowest BCUT2D eigenvalue weighted by atomic mass is 9.58. The highest BCUT2D eigenvalue weighted by molar-refractivity contribution is 5.41. The molecule has 3 aliphatic rings. The van der Waals surface area contributed by atoms with Crippen LogP contribution >= 0.6 is 0 Å². The maximum Gasteiger partial charge on any atom is 0.0975 e. The van der Waals surface area contributed by atoms with Crippen molar-refractivity contribution in [1.82, 2.24) is 0 Å². The molecule has 0 bridgehead atoms. The fourth-order valence-corrected chi connectivity index (χ4v) is 6.93. The molecule has 5 nitrogen and oxygen atoms in total. The Morgan fingerprint density at radius 2 is 1.94 bits per heavy atom. The van der Waals surface area contributed by atoms with Gasteiger partial charge in [0.2, 0.25) is 0 Å². The zero-order chi connectivity index (χ0) is 24.1. The second kappa shape index (κ2) is 10.9. The molecule has 0 amide bonds. The maximum atomic E-state index is 7.28. The lowest BCUT2D eigenvalue weighted by Gasteiger charge is -2.50. The van der Waals surface area contributed by atoms with Gasteiger partial charge in [0, 0.05) is 12.1 Å². The van der Waals surface area contributed by atoms with E-state index in [4.69, 9.17) is 16.3 Å². The first kappa shape index (κ1) is 26.2. The van der Waals surface area contributed by atoms with Crippen molar-refractivity contribution < 1.29 is 4.74 Å². The zero-order valence-corrected chi connectivity index (χ0v) is 21.7. The number of fused-ring (bicyclic) bond motifs is 1. The van der Waals surface area contributed by atoms with Crippen molar-refractivity contribution in [1.29, 1.82) is 0 Å². The van der Waals surface area contributed by atoms with Gasteiger partial charge in [-0.25, -0.2) is 0 Å². The molecule has 3 rings (SSSR count). The molecule has 4 atom stereocenters. The summed E-state index contributed by atoms with van der Waals surface area (Å²) in [4.78, 5) is 0. The molecule has 0 spiro atoms. The Bertz CT molecular complexity index is 783. The average molecular weight is 457 g/mol. The summed E-state index contributed by atoms with van der Waals surface area (Å²) >= 11 is 0. The summed E-state index contributed by atoms with van der Waals surface area (Å²) < 4.78 is 5.89. The first-order valence-electron chi connectivity index (χ1n) is 13.3. The molecule has 0 aliphatic heterocycles. The quantitative estimate of drug-likeness (QED) is 0.170. The Hall–Kier alpha value is -1.46. The van der Waals surface area contributed by atoms with E-state index < -0.39 is 0 Å². The topological polar surface area (TPSA) is 86.0 Å². The van der Waals surface area contributed by atoms with Crippen molar-refractivity contribution in [2.75, 3.05) is 6.61 Å². The van der Waals surface area contributed by atoms with E-state index in [-0.39, 0.29) is 22.6 Å². The van der Waals surface area contributed by atoms with Crippen molar-refractivity contribution in [3.8, 4) is 0 Å². The summed E-state index contributed by atoms with van der Waals surface area (Å²) in [6.45, 7) is 14.1. The molecule has 0 aromatic rings. The van der Waals surface area contributed by atoms with Crippen LogP contribution in [0.25, 0.3) is 0 Å². The molecule has 1 unspecified atom stereocenters. The van der Waals surface area contributed by atoms with E-state index in [1.54, 1.807) is 0 Å². The Kier molecular flexibility index (Phi) is 8.60. The van der Waals surface area contributed by atoms with Crippen LogP contribution in [0.1, 0.15) is 105 Å². The Morgan fingerprint density at radius 3 is 2.67 bits per heavy atom. The molecule has 0 aromatic heterocycles. The molecule has 0 radical (unpaired) electrons. The third-order valence-electron chi connectivity index (χ3n) is 9.07. The minimum Gasteiger partial charge on any atom is -0.376 e. The maximum absolute atomic E-state index is 7.28.